The van der Waals surface area contributed by atoms with Crippen LogP contribution in [-0.4, -0.2) is 65.4 Å². The summed E-state index contributed by atoms with van der Waals surface area (Å²) in [4.78, 5) is 35.4. The van der Waals surface area contributed by atoms with Crippen LogP contribution in [0.4, 0.5) is 0 Å². The number of ether oxygens (including phenoxy) is 1. The van der Waals surface area contributed by atoms with E-state index in [4.69, 9.17) is 5.11 Å². The number of esters is 1. The van der Waals surface area contributed by atoms with E-state index in [2.05, 4.69) is 22.7 Å². The zero-order chi connectivity index (χ0) is 23.2. The number of nitrogens with zero attached hydrogens (tertiary/aromatic N) is 1. The van der Waals surface area contributed by atoms with Crippen molar-refractivity contribution >= 4 is 30.5 Å². The van der Waals surface area contributed by atoms with Gasteiger partial charge in [-0.05, 0) is 32.1 Å². The molecule has 2 atom stereocenters. The fourth-order valence-corrected chi connectivity index (χ4v) is 4.53. The van der Waals surface area contributed by atoms with Crippen LogP contribution >= 0.6 is 12.6 Å². The average molecular weight is 459 g/mol. The molecule has 0 heterocycles. The standard InChI is InChI=1S/C12H23N.C11H19NO5S/c1-3-7-11(8-4-1)13-12-9-5-2-6-10-12;1-4-8(11(16)17-3)12(5-9(13)14)10(15)7(2)6-18/h11-13H,1-10H2;7-8,18H,4-6H2,1-3H3,(H,13,14)/t;7?,8-/m.1/s1. The Hall–Kier alpha value is -1.28. The number of carboxylic acids is 1. The van der Waals surface area contributed by atoms with Crippen LogP contribution < -0.4 is 5.32 Å². The van der Waals surface area contributed by atoms with Crippen molar-refractivity contribution in [2.45, 2.75) is 103 Å². The van der Waals surface area contributed by atoms with E-state index in [0.717, 1.165) is 17.0 Å². The molecule has 7 nitrogen and oxygen atoms in total. The molecular formula is C23H42N2O5S. The van der Waals surface area contributed by atoms with Crippen molar-refractivity contribution in [3.05, 3.63) is 0 Å². The second-order valence-corrected chi connectivity index (χ2v) is 9.09. The van der Waals surface area contributed by atoms with Crippen molar-refractivity contribution in [2.24, 2.45) is 5.92 Å². The molecule has 1 amide bonds. The first-order valence-electron chi connectivity index (χ1n) is 11.8. The number of hydrogen-bond donors (Lipinski definition) is 3. The van der Waals surface area contributed by atoms with Crippen molar-refractivity contribution in [1.82, 2.24) is 10.2 Å². The van der Waals surface area contributed by atoms with Gasteiger partial charge in [-0.25, -0.2) is 4.79 Å². The minimum atomic E-state index is -1.17. The molecule has 2 saturated carbocycles. The predicted octanol–water partition coefficient (Wildman–Crippen LogP) is 3.66. The third-order valence-electron chi connectivity index (χ3n) is 6.20. The lowest BCUT2D eigenvalue weighted by Gasteiger charge is -2.30. The Morgan fingerprint density at radius 2 is 1.52 bits per heavy atom. The minimum absolute atomic E-state index is 0.284. The first-order chi connectivity index (χ1) is 14.8. The maximum absolute atomic E-state index is 12.0. The fourth-order valence-electron chi connectivity index (χ4n) is 4.37. The fraction of sp³-hybridized carbons (Fsp3) is 0.870. The molecule has 2 rings (SSSR count). The van der Waals surface area contributed by atoms with Gasteiger partial charge in [0.25, 0.3) is 0 Å². The average Bonchev–Trinajstić information content (AvgIpc) is 2.79. The molecule has 31 heavy (non-hydrogen) atoms. The number of aliphatic carboxylic acids is 1. The van der Waals surface area contributed by atoms with E-state index >= 15 is 0 Å². The van der Waals surface area contributed by atoms with E-state index < -0.39 is 36.4 Å². The summed E-state index contributed by atoms with van der Waals surface area (Å²) >= 11 is 4.00. The second-order valence-electron chi connectivity index (χ2n) is 8.73. The molecule has 0 saturated heterocycles. The van der Waals surface area contributed by atoms with Gasteiger partial charge in [0, 0.05) is 23.8 Å². The largest absolute Gasteiger partial charge is 0.480 e. The van der Waals surface area contributed by atoms with E-state index in [0.29, 0.717) is 6.42 Å². The first kappa shape index (κ1) is 27.8. The lowest BCUT2D eigenvalue weighted by Crippen LogP contribution is -2.49. The summed E-state index contributed by atoms with van der Waals surface area (Å²) in [5, 5.41) is 12.7. The Kier molecular flexibility index (Phi) is 13.9. The minimum Gasteiger partial charge on any atom is -0.480 e. The molecular weight excluding hydrogens is 416 g/mol. The monoisotopic (exact) mass is 458 g/mol. The van der Waals surface area contributed by atoms with E-state index in [1.165, 1.54) is 71.3 Å². The van der Waals surface area contributed by atoms with Crippen LogP contribution in [0.1, 0.15) is 84.5 Å². The number of hydrogen-bond acceptors (Lipinski definition) is 6. The number of rotatable bonds is 9. The van der Waals surface area contributed by atoms with Gasteiger partial charge in [-0.2, -0.15) is 12.6 Å². The van der Waals surface area contributed by atoms with E-state index in [-0.39, 0.29) is 5.75 Å². The van der Waals surface area contributed by atoms with E-state index in [9.17, 15) is 14.4 Å². The third-order valence-corrected chi connectivity index (χ3v) is 6.75. The molecule has 0 aromatic carbocycles. The van der Waals surface area contributed by atoms with Crippen molar-refractivity contribution in [3.8, 4) is 0 Å². The van der Waals surface area contributed by atoms with Crippen LogP contribution in [0.25, 0.3) is 0 Å². The van der Waals surface area contributed by atoms with Crippen LogP contribution in [-0.2, 0) is 19.1 Å². The number of nitrogens with one attached hydrogen (secondary N) is 1. The van der Waals surface area contributed by atoms with Crippen molar-refractivity contribution < 1.29 is 24.2 Å². The number of carboxylic acid groups (broad SMARTS) is 1. The van der Waals surface area contributed by atoms with Crippen molar-refractivity contribution in [1.29, 1.82) is 0 Å². The van der Waals surface area contributed by atoms with E-state index in [1.54, 1.807) is 13.8 Å². The Morgan fingerprint density at radius 3 is 1.87 bits per heavy atom. The van der Waals surface area contributed by atoms with Crippen LogP contribution in [0.2, 0.25) is 0 Å². The molecule has 0 spiro atoms. The van der Waals surface area contributed by atoms with Gasteiger partial charge in [0.2, 0.25) is 5.91 Å². The quantitative estimate of drug-likeness (QED) is 0.360. The Morgan fingerprint density at radius 1 is 1.03 bits per heavy atom. The predicted molar refractivity (Wildman–Crippen MR) is 125 cm³/mol. The van der Waals surface area contributed by atoms with Crippen LogP contribution in [0.15, 0.2) is 0 Å². The molecule has 8 heteroatoms. The van der Waals surface area contributed by atoms with Gasteiger partial charge in [-0.1, -0.05) is 52.4 Å². The summed E-state index contributed by atoms with van der Waals surface area (Å²) in [5.74, 6) is -2.36. The summed E-state index contributed by atoms with van der Waals surface area (Å²) in [7, 11) is 1.20. The highest BCUT2D eigenvalue weighted by molar-refractivity contribution is 7.80. The SMILES string of the molecule is C1CCC(NC2CCCCC2)CC1.CC[C@H](C(=O)OC)N(CC(=O)O)C(=O)C(C)CS. The highest BCUT2D eigenvalue weighted by atomic mass is 32.1. The third kappa shape index (κ3) is 10.3. The maximum Gasteiger partial charge on any atom is 0.328 e. The number of carbonyl (C=O) groups excluding carboxylic acids is 2. The van der Waals surface area contributed by atoms with Gasteiger partial charge in [-0.3, -0.25) is 9.59 Å². The summed E-state index contributed by atoms with van der Waals surface area (Å²) in [6.45, 7) is 2.80. The molecule has 1 unspecified atom stereocenters. The zero-order valence-electron chi connectivity index (χ0n) is 19.5. The Balaban J connectivity index is 0.000000323. The summed E-state index contributed by atoms with van der Waals surface area (Å²) in [6.07, 6.45) is 14.9. The van der Waals surface area contributed by atoms with Crippen LogP contribution in [0.3, 0.4) is 0 Å². The number of thiol groups is 1. The number of amides is 1. The van der Waals surface area contributed by atoms with Crippen molar-refractivity contribution in [2.75, 3.05) is 19.4 Å². The molecule has 0 aliphatic heterocycles. The molecule has 0 bridgehead atoms. The Labute approximate surface area is 193 Å². The van der Waals surface area contributed by atoms with Gasteiger partial charge in [0.05, 0.1) is 7.11 Å². The zero-order valence-corrected chi connectivity index (χ0v) is 20.4. The molecule has 2 aliphatic carbocycles. The van der Waals surface area contributed by atoms with Gasteiger partial charge in [-0.15, -0.1) is 0 Å². The molecule has 0 radical (unpaired) electrons. The first-order valence-corrected chi connectivity index (χ1v) is 12.4. The summed E-state index contributed by atoms with van der Waals surface area (Å²) in [6, 6.07) is 0.870. The van der Waals surface area contributed by atoms with Crippen molar-refractivity contribution in [3.63, 3.8) is 0 Å². The molecule has 2 fully saturated rings. The summed E-state index contributed by atoms with van der Waals surface area (Å²) < 4.78 is 4.58. The van der Waals surface area contributed by atoms with Crippen LogP contribution in [0.5, 0.6) is 0 Å². The topological polar surface area (TPSA) is 95.9 Å². The number of carbonyl (C=O) groups is 3. The second kappa shape index (κ2) is 15.5. The highest BCUT2D eigenvalue weighted by Gasteiger charge is 2.32. The summed E-state index contributed by atoms with van der Waals surface area (Å²) in [5.41, 5.74) is 0. The van der Waals surface area contributed by atoms with Crippen LogP contribution in [0, 0.1) is 5.92 Å². The molecule has 2 N–H and O–H groups in total. The molecule has 0 aromatic rings. The maximum atomic E-state index is 12.0. The molecule has 180 valence electrons. The van der Waals surface area contributed by atoms with Gasteiger partial charge in [0.15, 0.2) is 0 Å². The van der Waals surface area contributed by atoms with E-state index in [1.807, 2.05) is 0 Å². The normalized spacial score (nSPS) is 19.5. The number of methoxy groups -OCH3 is 1. The van der Waals surface area contributed by atoms with Gasteiger partial charge < -0.3 is 20.1 Å². The van der Waals surface area contributed by atoms with Gasteiger partial charge in [0.1, 0.15) is 12.6 Å². The Bertz CT molecular complexity index is 532. The lowest BCUT2D eigenvalue weighted by molar-refractivity contribution is -0.157. The molecule has 0 aromatic heterocycles. The lowest BCUT2D eigenvalue weighted by atomic mass is 9.91. The smallest absolute Gasteiger partial charge is 0.328 e. The molecule has 2 aliphatic rings. The van der Waals surface area contributed by atoms with Gasteiger partial charge >= 0.3 is 11.9 Å². The highest BCUT2D eigenvalue weighted by Crippen LogP contribution is 2.22.